The van der Waals surface area contributed by atoms with Crippen LogP contribution in [0.25, 0.3) is 0 Å². The van der Waals surface area contributed by atoms with E-state index in [1.54, 1.807) is 20.2 Å². The van der Waals surface area contributed by atoms with E-state index in [0.29, 0.717) is 12.5 Å². The molecule has 142 valence electrons. The molecule has 1 amide bonds. The number of hydrogen-bond donors (Lipinski definition) is 2. The third-order valence-corrected chi connectivity index (χ3v) is 3.84. The zero-order valence-electron chi connectivity index (χ0n) is 16.1. The number of rotatable bonds is 7. The van der Waals surface area contributed by atoms with E-state index in [0.717, 1.165) is 12.1 Å². The Balaban J connectivity index is 0.00000576. The first-order chi connectivity index (χ1) is 11.3. The largest absolute Gasteiger partial charge is 0.354 e. The molecule has 0 aliphatic heterocycles. The van der Waals surface area contributed by atoms with Crippen molar-refractivity contribution in [2.24, 2.45) is 12.0 Å². The topological polar surface area (TPSA) is 74.6 Å². The first kappa shape index (κ1) is 23.4. The Kier molecular flexibility index (Phi) is 10.4. The van der Waals surface area contributed by atoms with Gasteiger partial charge < -0.3 is 15.5 Å². The maximum atomic E-state index is 11.7. The fourth-order valence-electron chi connectivity index (χ4n) is 2.31. The van der Waals surface area contributed by atoms with Crippen molar-refractivity contribution >= 4 is 35.8 Å². The van der Waals surface area contributed by atoms with Gasteiger partial charge in [0.05, 0.1) is 5.69 Å². The summed E-state index contributed by atoms with van der Waals surface area (Å²) < 4.78 is 1.90. The second-order valence-corrected chi connectivity index (χ2v) is 6.15. The zero-order valence-corrected chi connectivity index (χ0v) is 18.4. The molecule has 8 heteroatoms. The lowest BCUT2D eigenvalue weighted by atomic mass is 10.1. The van der Waals surface area contributed by atoms with Gasteiger partial charge in [-0.25, -0.2) is 4.99 Å². The van der Waals surface area contributed by atoms with E-state index in [-0.39, 0.29) is 42.5 Å². The molecule has 0 aromatic carbocycles. The number of nitrogens with zero attached hydrogens (tertiary/aromatic N) is 4. The highest BCUT2D eigenvalue weighted by atomic mass is 127. The summed E-state index contributed by atoms with van der Waals surface area (Å²) in [4.78, 5) is 17.6. The average molecular weight is 462 g/mol. The average Bonchev–Trinajstić information content (AvgIpc) is 2.75. The third kappa shape index (κ3) is 7.45. The van der Waals surface area contributed by atoms with Gasteiger partial charge in [-0.15, -0.1) is 30.6 Å². The molecule has 0 aliphatic rings. The standard InChI is InChI=1S/C17H30N6O.HI/c1-8-9-18-17(19-11-16(24)22(5)6)20-12(2)10-15-13(3)21-23(7)14(15)4;/h8,12H,1,9-11H2,2-7H3,(H2,18,19,20);1H. The molecule has 1 heterocycles. The van der Waals surface area contributed by atoms with E-state index < -0.39 is 0 Å². The molecule has 7 nitrogen and oxygen atoms in total. The molecule has 1 atom stereocenters. The zero-order chi connectivity index (χ0) is 18.3. The Morgan fingerprint density at radius 1 is 1.44 bits per heavy atom. The van der Waals surface area contributed by atoms with Crippen molar-refractivity contribution in [2.75, 3.05) is 27.2 Å². The summed E-state index contributed by atoms with van der Waals surface area (Å²) in [6, 6.07) is 0.150. The van der Waals surface area contributed by atoms with Gasteiger partial charge in [0.25, 0.3) is 0 Å². The molecule has 0 bridgehead atoms. The second kappa shape index (κ2) is 11.1. The Morgan fingerprint density at radius 2 is 2.08 bits per heavy atom. The van der Waals surface area contributed by atoms with Gasteiger partial charge in [0, 0.05) is 39.4 Å². The third-order valence-electron chi connectivity index (χ3n) is 3.84. The predicted molar refractivity (Wildman–Crippen MR) is 114 cm³/mol. The Morgan fingerprint density at radius 3 is 2.56 bits per heavy atom. The molecule has 1 unspecified atom stereocenters. The number of carbonyl (C=O) groups excluding carboxylic acids is 1. The van der Waals surface area contributed by atoms with Crippen LogP contribution in [-0.4, -0.2) is 59.8 Å². The minimum Gasteiger partial charge on any atom is -0.354 e. The Bertz CT molecular complexity index is 609. The van der Waals surface area contributed by atoms with Crippen LogP contribution in [0.15, 0.2) is 17.6 Å². The van der Waals surface area contributed by atoms with Crippen molar-refractivity contribution in [1.29, 1.82) is 0 Å². The highest BCUT2D eigenvalue weighted by Crippen LogP contribution is 2.14. The van der Waals surface area contributed by atoms with Crippen LogP contribution in [0.5, 0.6) is 0 Å². The Hall–Kier alpha value is -1.58. The smallest absolute Gasteiger partial charge is 0.243 e. The monoisotopic (exact) mass is 462 g/mol. The molecule has 1 rings (SSSR count). The number of aryl methyl sites for hydroxylation is 2. The minimum atomic E-state index is -0.0405. The summed E-state index contributed by atoms with van der Waals surface area (Å²) in [6.45, 7) is 10.6. The molecule has 0 saturated carbocycles. The number of likely N-dealkylation sites (N-methyl/N-ethyl adjacent to an activating group) is 1. The van der Waals surface area contributed by atoms with Crippen LogP contribution in [0, 0.1) is 13.8 Å². The molecule has 0 spiro atoms. The number of guanidine groups is 1. The summed E-state index contributed by atoms with van der Waals surface area (Å²) in [5.41, 5.74) is 3.45. The normalized spacial score (nSPS) is 12.2. The van der Waals surface area contributed by atoms with Crippen molar-refractivity contribution in [3.63, 3.8) is 0 Å². The van der Waals surface area contributed by atoms with Gasteiger partial charge in [0.2, 0.25) is 5.91 Å². The number of hydrogen-bond acceptors (Lipinski definition) is 3. The number of halogens is 1. The molecule has 0 radical (unpaired) electrons. The molecule has 0 aliphatic carbocycles. The van der Waals surface area contributed by atoms with Crippen molar-refractivity contribution in [3.05, 3.63) is 29.6 Å². The molecule has 25 heavy (non-hydrogen) atoms. The van der Waals surface area contributed by atoms with Crippen LogP contribution >= 0.6 is 24.0 Å². The Labute approximate surface area is 168 Å². The van der Waals surface area contributed by atoms with Crippen molar-refractivity contribution in [1.82, 2.24) is 25.3 Å². The first-order valence-electron chi connectivity index (χ1n) is 8.11. The predicted octanol–water partition coefficient (Wildman–Crippen LogP) is 1.40. The van der Waals surface area contributed by atoms with Crippen LogP contribution in [0.1, 0.15) is 23.9 Å². The molecule has 2 N–H and O–H groups in total. The molecule has 0 saturated heterocycles. The van der Waals surface area contributed by atoms with Crippen molar-refractivity contribution in [3.8, 4) is 0 Å². The van der Waals surface area contributed by atoms with Crippen molar-refractivity contribution in [2.45, 2.75) is 33.2 Å². The van der Waals surface area contributed by atoms with Gasteiger partial charge >= 0.3 is 0 Å². The van der Waals surface area contributed by atoms with Crippen LogP contribution in [0.2, 0.25) is 0 Å². The van der Waals surface area contributed by atoms with E-state index in [1.807, 2.05) is 18.7 Å². The van der Waals surface area contributed by atoms with Gasteiger partial charge in [-0.3, -0.25) is 9.48 Å². The quantitative estimate of drug-likeness (QED) is 0.278. The van der Waals surface area contributed by atoms with E-state index >= 15 is 0 Å². The molecule has 1 aromatic heterocycles. The highest BCUT2D eigenvalue weighted by Gasteiger charge is 2.14. The van der Waals surface area contributed by atoms with Gasteiger partial charge in [-0.05, 0) is 32.8 Å². The van der Waals surface area contributed by atoms with Gasteiger partial charge in [0.15, 0.2) is 5.96 Å². The molecular weight excluding hydrogens is 431 g/mol. The summed E-state index contributed by atoms with van der Waals surface area (Å²) in [5.74, 6) is 0.568. The lowest BCUT2D eigenvalue weighted by molar-refractivity contribution is -0.127. The second-order valence-electron chi connectivity index (χ2n) is 6.15. The van der Waals surface area contributed by atoms with E-state index in [4.69, 9.17) is 0 Å². The SMILES string of the molecule is C=CCNC(=NCC(=O)N(C)C)NC(C)Cc1c(C)nn(C)c1C.I. The lowest BCUT2D eigenvalue weighted by Gasteiger charge is -2.18. The first-order valence-corrected chi connectivity index (χ1v) is 8.11. The van der Waals surface area contributed by atoms with Crippen LogP contribution in [0.4, 0.5) is 0 Å². The van der Waals surface area contributed by atoms with E-state index in [9.17, 15) is 4.79 Å². The molecule has 0 fully saturated rings. The number of amides is 1. The molecular formula is C17H31IN6O. The maximum absolute atomic E-state index is 11.7. The minimum absolute atomic E-state index is 0. The molecule has 1 aromatic rings. The van der Waals surface area contributed by atoms with E-state index in [2.05, 4.69) is 41.2 Å². The summed E-state index contributed by atoms with van der Waals surface area (Å²) >= 11 is 0. The number of nitrogens with one attached hydrogen (secondary N) is 2. The van der Waals surface area contributed by atoms with Crippen LogP contribution in [-0.2, 0) is 18.3 Å². The van der Waals surface area contributed by atoms with Crippen LogP contribution < -0.4 is 10.6 Å². The summed E-state index contributed by atoms with van der Waals surface area (Å²) in [5, 5.41) is 10.9. The number of aromatic nitrogens is 2. The van der Waals surface area contributed by atoms with Crippen molar-refractivity contribution < 1.29 is 4.79 Å². The van der Waals surface area contributed by atoms with Gasteiger partial charge in [-0.2, -0.15) is 5.10 Å². The van der Waals surface area contributed by atoms with E-state index in [1.165, 1.54) is 16.2 Å². The fraction of sp³-hybridized carbons (Fsp3) is 0.588. The van der Waals surface area contributed by atoms with Gasteiger partial charge in [0.1, 0.15) is 6.54 Å². The highest BCUT2D eigenvalue weighted by molar-refractivity contribution is 14.0. The summed E-state index contributed by atoms with van der Waals surface area (Å²) in [7, 11) is 5.40. The number of carbonyl (C=O) groups is 1. The lowest BCUT2D eigenvalue weighted by Crippen LogP contribution is -2.44. The fourth-order valence-corrected chi connectivity index (χ4v) is 2.31. The summed E-state index contributed by atoms with van der Waals surface area (Å²) in [6.07, 6.45) is 2.59. The maximum Gasteiger partial charge on any atom is 0.243 e. The van der Waals surface area contributed by atoms with Gasteiger partial charge in [-0.1, -0.05) is 6.08 Å². The number of aliphatic imine (C=N–C) groups is 1. The van der Waals surface area contributed by atoms with Crippen LogP contribution in [0.3, 0.4) is 0 Å².